The summed E-state index contributed by atoms with van der Waals surface area (Å²) in [7, 11) is 0. The maximum Gasteiger partial charge on any atom is 0.134 e. The molecule has 0 saturated carbocycles. The van der Waals surface area contributed by atoms with Gasteiger partial charge >= 0.3 is 0 Å². The minimum absolute atomic E-state index is 0.620. The zero-order chi connectivity index (χ0) is 34.6. The van der Waals surface area contributed by atoms with E-state index >= 15 is 0 Å². The summed E-state index contributed by atoms with van der Waals surface area (Å²) >= 11 is 0. The molecule has 9 aromatic rings. The van der Waals surface area contributed by atoms with Crippen LogP contribution in [-0.4, -0.2) is 9.55 Å². The molecule has 0 saturated heterocycles. The Hall–Kier alpha value is -6.77. The molecular weight excluding hydrogens is 629 g/mol. The number of benzene rings is 8. The fourth-order valence-electron chi connectivity index (χ4n) is 9.40. The Morgan fingerprint density at radius 2 is 1.23 bits per heavy atom. The Balaban J connectivity index is 1.14. The molecule has 0 radical (unpaired) electrons. The number of fused-ring (bicyclic) bond motifs is 13. The van der Waals surface area contributed by atoms with Gasteiger partial charge in [0.05, 0.1) is 16.7 Å². The van der Waals surface area contributed by atoms with Gasteiger partial charge in [0.2, 0.25) is 0 Å². The standard InChI is InChI=1S/C50H32N2/c1-3-36-42(4-2)50(43-21-7-9-24-46(43)52-47-25-10-8-23-45(47)51-49(50)52)44-22-13-19-38(48(36)44)34-17-11-16-33(29-34)37-18-12-20-39-40(37)27-26-35-28-31-14-5-6-15-32(31)30-41(35)39/h3-30H,1-2H2. The van der Waals surface area contributed by atoms with Crippen molar-refractivity contribution in [1.29, 1.82) is 0 Å². The molecule has 1 aliphatic heterocycles. The molecule has 2 heteroatoms. The van der Waals surface area contributed by atoms with Crippen molar-refractivity contribution < 1.29 is 0 Å². The van der Waals surface area contributed by atoms with E-state index < -0.39 is 5.41 Å². The average Bonchev–Trinajstić information content (AvgIpc) is 3.83. The van der Waals surface area contributed by atoms with E-state index in [9.17, 15) is 0 Å². The fraction of sp³-hybridized carbons (Fsp3) is 0.0200. The quantitative estimate of drug-likeness (QED) is 0.136. The fourth-order valence-corrected chi connectivity index (χ4v) is 9.40. The molecule has 2 aliphatic rings. The Labute approximate surface area is 301 Å². The maximum atomic E-state index is 5.38. The zero-order valence-corrected chi connectivity index (χ0v) is 28.5. The third-order valence-electron chi connectivity index (χ3n) is 11.5. The summed E-state index contributed by atoms with van der Waals surface area (Å²) in [4.78, 5) is 5.38. The van der Waals surface area contributed by atoms with Crippen LogP contribution in [0, 0.1) is 0 Å². The van der Waals surface area contributed by atoms with Crippen LogP contribution in [0.3, 0.4) is 0 Å². The second-order valence-corrected chi connectivity index (χ2v) is 14.0. The number of hydrogen-bond donors (Lipinski definition) is 0. The first-order valence-electron chi connectivity index (χ1n) is 17.9. The van der Waals surface area contributed by atoms with E-state index in [1.165, 1.54) is 65.7 Å². The molecule has 0 amide bonds. The number of nitrogens with zero attached hydrogens (tertiary/aromatic N) is 2. The van der Waals surface area contributed by atoms with Crippen LogP contribution in [0.25, 0.3) is 76.9 Å². The first-order valence-corrected chi connectivity index (χ1v) is 17.9. The molecule has 242 valence electrons. The highest BCUT2D eigenvalue weighted by Gasteiger charge is 2.54. The van der Waals surface area contributed by atoms with Crippen LogP contribution >= 0.6 is 0 Å². The van der Waals surface area contributed by atoms with Crippen molar-refractivity contribution in [3.63, 3.8) is 0 Å². The van der Waals surface area contributed by atoms with E-state index in [0.717, 1.165) is 39.3 Å². The Morgan fingerprint density at radius 3 is 2.10 bits per heavy atom. The predicted octanol–water partition coefficient (Wildman–Crippen LogP) is 12.6. The summed E-state index contributed by atoms with van der Waals surface area (Å²) in [6.07, 6.45) is 4.05. The smallest absolute Gasteiger partial charge is 0.134 e. The largest absolute Gasteiger partial charge is 0.295 e. The second kappa shape index (κ2) is 10.6. The molecule has 0 fully saturated rings. The monoisotopic (exact) mass is 660 g/mol. The average molecular weight is 661 g/mol. The number of aromatic nitrogens is 2. The lowest BCUT2D eigenvalue weighted by Crippen LogP contribution is -2.28. The maximum absolute atomic E-state index is 5.38. The number of imidazole rings is 1. The molecule has 0 N–H and O–H groups in total. The predicted molar refractivity (Wildman–Crippen MR) is 218 cm³/mol. The molecule has 1 aliphatic carbocycles. The highest BCUT2D eigenvalue weighted by molar-refractivity contribution is 6.15. The summed E-state index contributed by atoms with van der Waals surface area (Å²) in [6.45, 7) is 8.82. The molecular formula is C50H32N2. The van der Waals surface area contributed by atoms with E-state index in [0.29, 0.717) is 0 Å². The molecule has 0 bridgehead atoms. The van der Waals surface area contributed by atoms with Crippen molar-refractivity contribution in [2.24, 2.45) is 0 Å². The van der Waals surface area contributed by atoms with Gasteiger partial charge in [0.25, 0.3) is 0 Å². The van der Waals surface area contributed by atoms with Crippen molar-refractivity contribution in [3.8, 4) is 27.9 Å². The van der Waals surface area contributed by atoms with Gasteiger partial charge in [-0.05, 0) is 119 Å². The van der Waals surface area contributed by atoms with E-state index in [1.54, 1.807) is 0 Å². The third-order valence-corrected chi connectivity index (χ3v) is 11.5. The van der Waals surface area contributed by atoms with Crippen molar-refractivity contribution >= 4 is 48.9 Å². The molecule has 1 spiro atoms. The van der Waals surface area contributed by atoms with Crippen LogP contribution in [-0.2, 0) is 5.41 Å². The van der Waals surface area contributed by atoms with Crippen LogP contribution in [0.1, 0.15) is 22.5 Å². The Bertz CT molecular complexity index is 3060. The van der Waals surface area contributed by atoms with Gasteiger partial charge in [-0.2, -0.15) is 0 Å². The first-order chi connectivity index (χ1) is 25.7. The summed E-state index contributed by atoms with van der Waals surface area (Å²) < 4.78 is 2.35. The van der Waals surface area contributed by atoms with Gasteiger partial charge in [-0.25, -0.2) is 4.98 Å². The van der Waals surface area contributed by atoms with E-state index in [1.807, 2.05) is 12.2 Å². The minimum atomic E-state index is -0.620. The summed E-state index contributed by atoms with van der Waals surface area (Å²) in [6, 6.07) is 57.5. The van der Waals surface area contributed by atoms with Crippen molar-refractivity contribution in [3.05, 3.63) is 211 Å². The topological polar surface area (TPSA) is 17.8 Å². The zero-order valence-electron chi connectivity index (χ0n) is 28.5. The minimum Gasteiger partial charge on any atom is -0.295 e. The van der Waals surface area contributed by atoms with Crippen LogP contribution in [0.2, 0.25) is 0 Å². The number of allylic oxidation sites excluding steroid dienone is 4. The second-order valence-electron chi connectivity index (χ2n) is 14.0. The van der Waals surface area contributed by atoms with Crippen LogP contribution in [0.5, 0.6) is 0 Å². The summed E-state index contributed by atoms with van der Waals surface area (Å²) in [5.74, 6) is 1.00. The van der Waals surface area contributed by atoms with Gasteiger partial charge in [0, 0.05) is 0 Å². The molecule has 2 nitrogen and oxygen atoms in total. The van der Waals surface area contributed by atoms with Crippen molar-refractivity contribution in [2.75, 3.05) is 0 Å². The number of hydrogen-bond acceptors (Lipinski definition) is 1. The van der Waals surface area contributed by atoms with Gasteiger partial charge in [-0.15, -0.1) is 0 Å². The van der Waals surface area contributed by atoms with Gasteiger partial charge in [-0.3, -0.25) is 4.57 Å². The Kier molecular flexibility index (Phi) is 5.92. The summed E-state index contributed by atoms with van der Waals surface area (Å²) in [5, 5.41) is 7.58. The van der Waals surface area contributed by atoms with E-state index in [4.69, 9.17) is 4.98 Å². The highest BCUT2D eigenvalue weighted by Crippen LogP contribution is 2.61. The van der Waals surface area contributed by atoms with Crippen molar-refractivity contribution in [1.82, 2.24) is 9.55 Å². The Morgan fingerprint density at radius 1 is 0.519 bits per heavy atom. The number of rotatable bonds is 4. The van der Waals surface area contributed by atoms with Crippen molar-refractivity contribution in [2.45, 2.75) is 5.41 Å². The lowest BCUT2D eigenvalue weighted by atomic mass is 9.71. The lowest BCUT2D eigenvalue weighted by molar-refractivity contribution is 0.732. The molecule has 1 atom stereocenters. The van der Waals surface area contributed by atoms with Gasteiger partial charge < -0.3 is 0 Å². The lowest BCUT2D eigenvalue weighted by Gasteiger charge is -2.28. The summed E-state index contributed by atoms with van der Waals surface area (Å²) in [5.41, 5.74) is 13.2. The molecule has 1 aromatic heterocycles. The van der Waals surface area contributed by atoms with Crippen LogP contribution < -0.4 is 0 Å². The first kappa shape index (κ1) is 29.0. The van der Waals surface area contributed by atoms with Crippen LogP contribution in [0.4, 0.5) is 0 Å². The molecule has 52 heavy (non-hydrogen) atoms. The van der Waals surface area contributed by atoms with Gasteiger partial charge in [0.1, 0.15) is 11.2 Å². The normalized spacial score (nSPS) is 15.8. The molecule has 8 aromatic carbocycles. The molecule has 2 heterocycles. The highest BCUT2D eigenvalue weighted by atomic mass is 15.1. The molecule has 1 unspecified atom stereocenters. The molecule has 11 rings (SSSR count). The van der Waals surface area contributed by atoms with E-state index in [-0.39, 0.29) is 0 Å². The van der Waals surface area contributed by atoms with Gasteiger partial charge in [-0.1, -0.05) is 147 Å². The van der Waals surface area contributed by atoms with Gasteiger partial charge in [0.15, 0.2) is 0 Å². The van der Waals surface area contributed by atoms with E-state index in [2.05, 4.69) is 175 Å². The number of para-hydroxylation sites is 3. The third kappa shape index (κ3) is 3.66. The SMILES string of the molecule is C=CC1=C(C=C)C2(c3ccccc3-n3c2nc2ccccc23)c2cccc(-c3cccc(-c4cccc5c4ccc4cc6ccccc6cc45)c3)c21. The van der Waals surface area contributed by atoms with Crippen LogP contribution in [0.15, 0.2) is 189 Å².